The van der Waals surface area contributed by atoms with E-state index in [2.05, 4.69) is 27.4 Å². The van der Waals surface area contributed by atoms with Crippen LogP contribution in [-0.4, -0.2) is 53.6 Å². The summed E-state index contributed by atoms with van der Waals surface area (Å²) in [7, 11) is 0. The molecule has 2 aromatic rings. The lowest BCUT2D eigenvalue weighted by atomic mass is 9.93. The maximum atomic E-state index is 13.0. The topological polar surface area (TPSA) is 67.4 Å². The number of aryl methyl sites for hydroxylation is 1. The smallest absolute Gasteiger partial charge is 0.264 e. The molecule has 0 aromatic carbocycles. The molecule has 0 unspecified atom stereocenters. The van der Waals surface area contributed by atoms with Crippen LogP contribution >= 0.6 is 11.3 Å². The third-order valence-electron chi connectivity index (χ3n) is 6.17. The Morgan fingerprint density at radius 3 is 2.89 bits per heavy atom. The number of anilines is 1. The summed E-state index contributed by atoms with van der Waals surface area (Å²) in [5, 5.41) is 4.56. The zero-order chi connectivity index (χ0) is 18.4. The van der Waals surface area contributed by atoms with Crippen LogP contribution in [0.1, 0.15) is 28.1 Å². The molecular formula is C20H24N4O2S. The van der Waals surface area contributed by atoms with Crippen LogP contribution in [0.15, 0.2) is 18.5 Å². The number of amides is 1. The number of rotatable bonds is 4. The summed E-state index contributed by atoms with van der Waals surface area (Å²) < 4.78 is 5.37. The molecule has 6 nitrogen and oxygen atoms in total. The van der Waals surface area contributed by atoms with Gasteiger partial charge < -0.3 is 15.0 Å². The molecule has 2 aromatic heterocycles. The Morgan fingerprint density at radius 1 is 1.30 bits per heavy atom. The summed E-state index contributed by atoms with van der Waals surface area (Å²) >= 11 is 1.48. The molecule has 1 amide bonds. The van der Waals surface area contributed by atoms with Gasteiger partial charge in [-0.2, -0.15) is 0 Å². The van der Waals surface area contributed by atoms with Crippen LogP contribution in [0.4, 0.5) is 5.82 Å². The molecular weight excluding hydrogens is 360 g/mol. The van der Waals surface area contributed by atoms with E-state index in [0.29, 0.717) is 38.1 Å². The van der Waals surface area contributed by atoms with Gasteiger partial charge in [-0.3, -0.25) is 4.79 Å². The van der Waals surface area contributed by atoms with Crippen molar-refractivity contribution in [2.24, 2.45) is 17.8 Å². The summed E-state index contributed by atoms with van der Waals surface area (Å²) in [4.78, 5) is 25.4. The van der Waals surface area contributed by atoms with Crippen molar-refractivity contribution >= 4 is 33.3 Å². The zero-order valence-electron chi connectivity index (χ0n) is 15.5. The quantitative estimate of drug-likeness (QED) is 0.821. The Labute approximate surface area is 162 Å². The second-order valence-corrected chi connectivity index (χ2v) is 8.78. The summed E-state index contributed by atoms with van der Waals surface area (Å²) in [6, 6.07) is 0. The van der Waals surface area contributed by atoms with E-state index in [9.17, 15) is 4.79 Å². The molecule has 5 rings (SSSR count). The normalized spacial score (nSPS) is 26.9. The van der Waals surface area contributed by atoms with E-state index in [4.69, 9.17) is 4.74 Å². The number of aromatic nitrogens is 2. The number of morpholine rings is 1. The van der Waals surface area contributed by atoms with Crippen molar-refractivity contribution in [2.75, 3.05) is 38.2 Å². The molecule has 1 saturated carbocycles. The lowest BCUT2D eigenvalue weighted by Gasteiger charge is -2.26. The largest absolute Gasteiger partial charge is 0.378 e. The van der Waals surface area contributed by atoms with Gasteiger partial charge in [-0.15, -0.1) is 11.3 Å². The van der Waals surface area contributed by atoms with Gasteiger partial charge in [0.2, 0.25) is 0 Å². The van der Waals surface area contributed by atoms with Gasteiger partial charge in [-0.05, 0) is 43.1 Å². The number of carbonyl (C=O) groups excluding carboxylic acids is 1. The second-order valence-electron chi connectivity index (χ2n) is 7.78. The average molecular weight is 385 g/mol. The maximum absolute atomic E-state index is 13.0. The molecule has 0 radical (unpaired) electrons. The van der Waals surface area contributed by atoms with Gasteiger partial charge in [0.15, 0.2) is 0 Å². The number of nitrogens with one attached hydrogen (secondary N) is 1. The SMILES string of the molecule is Cc1c(C(=O)N2CCOCC2)sc2ncnc(NC[C@H]3C[C@@H]4C=C[C@H]3C4)c12. The highest BCUT2D eigenvalue weighted by molar-refractivity contribution is 7.20. The minimum Gasteiger partial charge on any atom is -0.378 e. The van der Waals surface area contributed by atoms with Crippen molar-refractivity contribution in [1.82, 2.24) is 14.9 Å². The van der Waals surface area contributed by atoms with Gasteiger partial charge in [0.25, 0.3) is 5.91 Å². The minimum atomic E-state index is 0.0861. The molecule has 142 valence electrons. The number of nitrogens with zero attached hydrogens (tertiary/aromatic N) is 3. The fourth-order valence-corrected chi connectivity index (χ4v) is 5.79. The van der Waals surface area contributed by atoms with Crippen molar-refractivity contribution in [3.05, 3.63) is 28.9 Å². The number of allylic oxidation sites excluding steroid dienone is 2. The highest BCUT2D eigenvalue weighted by Gasteiger charge is 2.35. The lowest BCUT2D eigenvalue weighted by Crippen LogP contribution is -2.40. The van der Waals surface area contributed by atoms with Crippen molar-refractivity contribution in [3.8, 4) is 0 Å². The van der Waals surface area contributed by atoms with Gasteiger partial charge in [0.05, 0.1) is 23.5 Å². The van der Waals surface area contributed by atoms with E-state index in [1.165, 1.54) is 24.2 Å². The van der Waals surface area contributed by atoms with Crippen LogP contribution < -0.4 is 5.32 Å². The summed E-state index contributed by atoms with van der Waals surface area (Å²) in [5.41, 5.74) is 0.988. The molecule has 2 fully saturated rings. The summed E-state index contributed by atoms with van der Waals surface area (Å²) in [5.74, 6) is 3.11. The molecule has 1 N–H and O–H groups in total. The van der Waals surface area contributed by atoms with Crippen LogP contribution in [-0.2, 0) is 4.74 Å². The summed E-state index contributed by atoms with van der Waals surface area (Å²) in [6.07, 6.45) is 8.93. The highest BCUT2D eigenvalue weighted by atomic mass is 32.1. The Kier molecular flexibility index (Phi) is 4.36. The van der Waals surface area contributed by atoms with E-state index >= 15 is 0 Å². The van der Waals surface area contributed by atoms with E-state index in [1.54, 1.807) is 6.33 Å². The predicted molar refractivity (Wildman–Crippen MR) is 106 cm³/mol. The molecule has 1 aliphatic heterocycles. The molecule has 3 atom stereocenters. The fourth-order valence-electron chi connectivity index (χ4n) is 4.68. The Hall–Kier alpha value is -1.99. The average Bonchev–Trinajstić information content (AvgIpc) is 3.41. The van der Waals surface area contributed by atoms with E-state index in [0.717, 1.165) is 38.9 Å². The molecule has 3 aliphatic rings. The van der Waals surface area contributed by atoms with Crippen molar-refractivity contribution in [3.63, 3.8) is 0 Å². The Bertz CT molecular complexity index is 903. The number of carbonyl (C=O) groups is 1. The predicted octanol–water partition coefficient (Wildman–Crippen LogP) is 3.10. The van der Waals surface area contributed by atoms with Crippen molar-refractivity contribution in [1.29, 1.82) is 0 Å². The Balaban J connectivity index is 1.39. The van der Waals surface area contributed by atoms with E-state index in [1.807, 2.05) is 11.8 Å². The molecule has 2 aliphatic carbocycles. The molecule has 3 heterocycles. The lowest BCUT2D eigenvalue weighted by molar-refractivity contribution is 0.0306. The van der Waals surface area contributed by atoms with Gasteiger partial charge in [0.1, 0.15) is 17.0 Å². The number of hydrogen-bond donors (Lipinski definition) is 1. The standard InChI is InChI=1S/C20H24N4O2S/c1-12-16-18(21-10-15-9-13-2-3-14(15)8-13)22-11-23-19(16)27-17(12)20(25)24-4-6-26-7-5-24/h2-3,11,13-15H,4-10H2,1H3,(H,21,22,23)/t13-,14+,15-/m1/s1. The zero-order valence-corrected chi connectivity index (χ0v) is 16.3. The van der Waals surface area contributed by atoms with Crippen LogP contribution in [0, 0.1) is 24.7 Å². The molecule has 0 spiro atoms. The van der Waals surface area contributed by atoms with Crippen LogP contribution in [0.25, 0.3) is 10.2 Å². The first-order chi connectivity index (χ1) is 13.2. The Morgan fingerprint density at radius 2 is 2.15 bits per heavy atom. The first-order valence-electron chi connectivity index (χ1n) is 9.74. The van der Waals surface area contributed by atoms with Gasteiger partial charge in [0, 0.05) is 19.6 Å². The monoisotopic (exact) mass is 384 g/mol. The molecule has 2 bridgehead atoms. The molecule has 27 heavy (non-hydrogen) atoms. The fraction of sp³-hybridized carbons (Fsp3) is 0.550. The van der Waals surface area contributed by atoms with Gasteiger partial charge in [-0.25, -0.2) is 9.97 Å². The third-order valence-corrected chi connectivity index (χ3v) is 7.36. The van der Waals surface area contributed by atoms with Crippen LogP contribution in [0.5, 0.6) is 0 Å². The first kappa shape index (κ1) is 17.1. The van der Waals surface area contributed by atoms with Gasteiger partial charge >= 0.3 is 0 Å². The van der Waals surface area contributed by atoms with Gasteiger partial charge in [-0.1, -0.05) is 12.2 Å². The minimum absolute atomic E-state index is 0.0861. The van der Waals surface area contributed by atoms with Crippen LogP contribution in [0.2, 0.25) is 0 Å². The number of ether oxygens (including phenoxy) is 1. The number of thiophene rings is 1. The van der Waals surface area contributed by atoms with Crippen LogP contribution in [0.3, 0.4) is 0 Å². The van der Waals surface area contributed by atoms with Crippen molar-refractivity contribution in [2.45, 2.75) is 19.8 Å². The second kappa shape index (κ2) is 6.87. The first-order valence-corrected chi connectivity index (χ1v) is 10.6. The number of hydrogen-bond acceptors (Lipinski definition) is 6. The van der Waals surface area contributed by atoms with E-state index < -0.39 is 0 Å². The molecule has 1 saturated heterocycles. The molecule has 7 heteroatoms. The third kappa shape index (κ3) is 3.02. The maximum Gasteiger partial charge on any atom is 0.264 e. The summed E-state index contributed by atoms with van der Waals surface area (Å²) in [6.45, 7) is 5.48. The van der Waals surface area contributed by atoms with Crippen molar-refractivity contribution < 1.29 is 9.53 Å². The highest BCUT2D eigenvalue weighted by Crippen LogP contribution is 2.43. The number of fused-ring (bicyclic) bond motifs is 3. The van der Waals surface area contributed by atoms with E-state index in [-0.39, 0.29) is 5.91 Å².